The zero-order valence-electron chi connectivity index (χ0n) is 15.8. The summed E-state index contributed by atoms with van der Waals surface area (Å²) in [6.45, 7) is 0. The molecule has 0 heterocycles. The highest BCUT2D eigenvalue weighted by Crippen LogP contribution is 2.38. The van der Waals surface area contributed by atoms with Gasteiger partial charge in [-0.05, 0) is 71.8 Å². The minimum Gasteiger partial charge on any atom is -0.218 e. The summed E-state index contributed by atoms with van der Waals surface area (Å²) in [4.78, 5) is 0.272. The third-order valence-electron chi connectivity index (χ3n) is 4.77. The number of rotatable bonds is 4. The Labute approximate surface area is 200 Å². The molecule has 0 saturated carbocycles. The second-order valence-corrected chi connectivity index (χ2v) is 10.4. The molecule has 4 rings (SSSR count). The van der Waals surface area contributed by atoms with Crippen molar-refractivity contribution in [2.24, 2.45) is 0 Å². The van der Waals surface area contributed by atoms with Gasteiger partial charge < -0.3 is 0 Å². The Morgan fingerprint density at radius 2 is 0.774 bits per heavy atom. The Morgan fingerprint density at radius 3 is 1.13 bits per heavy atom. The van der Waals surface area contributed by atoms with Gasteiger partial charge in [0.2, 0.25) is 9.84 Å². The van der Waals surface area contributed by atoms with Gasteiger partial charge in [0.25, 0.3) is 0 Å². The van der Waals surface area contributed by atoms with Crippen molar-refractivity contribution in [2.75, 3.05) is 0 Å². The molecule has 0 bridgehead atoms. The maximum absolute atomic E-state index is 13.8. The molecule has 2 nitrogen and oxygen atoms in total. The van der Waals surface area contributed by atoms with Crippen LogP contribution < -0.4 is 0 Å². The number of hydrogen-bond acceptors (Lipinski definition) is 2. The molecule has 156 valence electrons. The van der Waals surface area contributed by atoms with Gasteiger partial charge in [-0.2, -0.15) is 0 Å². The predicted molar refractivity (Wildman–Crippen MR) is 129 cm³/mol. The Hall–Kier alpha value is -2.01. The smallest absolute Gasteiger partial charge is 0.207 e. The molecule has 0 atom stereocenters. The van der Waals surface area contributed by atoms with Crippen molar-refractivity contribution in [2.45, 2.75) is 9.79 Å². The first-order chi connectivity index (χ1) is 14.8. The fourth-order valence-corrected chi connectivity index (χ4v) is 5.56. The Morgan fingerprint density at radius 1 is 0.452 bits per heavy atom. The second kappa shape index (κ2) is 8.85. The van der Waals surface area contributed by atoms with Crippen molar-refractivity contribution in [1.82, 2.24) is 0 Å². The molecule has 0 amide bonds. The van der Waals surface area contributed by atoms with Crippen LogP contribution in [0, 0.1) is 0 Å². The number of benzene rings is 4. The van der Waals surface area contributed by atoms with Crippen molar-refractivity contribution in [1.29, 1.82) is 0 Å². The number of hydrogen-bond donors (Lipinski definition) is 0. The summed E-state index contributed by atoms with van der Waals surface area (Å²) in [5, 5.41) is 1.96. The van der Waals surface area contributed by atoms with Crippen LogP contribution in [0.4, 0.5) is 0 Å². The quantitative estimate of drug-likeness (QED) is 0.277. The van der Waals surface area contributed by atoms with Crippen LogP contribution >= 0.6 is 46.4 Å². The van der Waals surface area contributed by atoms with E-state index in [-0.39, 0.29) is 9.79 Å². The topological polar surface area (TPSA) is 34.1 Å². The fourth-order valence-electron chi connectivity index (χ4n) is 3.30. The largest absolute Gasteiger partial charge is 0.218 e. The molecule has 0 unspecified atom stereocenters. The lowest BCUT2D eigenvalue weighted by Crippen LogP contribution is -2.06. The van der Waals surface area contributed by atoms with E-state index in [1.165, 1.54) is 12.1 Å². The third kappa shape index (κ3) is 4.62. The van der Waals surface area contributed by atoms with Gasteiger partial charge in [0.1, 0.15) is 0 Å². The van der Waals surface area contributed by atoms with Gasteiger partial charge in [-0.15, -0.1) is 0 Å². The maximum Gasteiger partial charge on any atom is 0.207 e. The molecule has 0 spiro atoms. The van der Waals surface area contributed by atoms with Crippen molar-refractivity contribution < 1.29 is 8.42 Å². The summed E-state index contributed by atoms with van der Waals surface area (Å²) in [5.74, 6) is 0. The Kier molecular flexibility index (Phi) is 6.34. The van der Waals surface area contributed by atoms with Crippen LogP contribution in [-0.2, 0) is 9.84 Å². The Bertz CT molecular complexity index is 1260. The lowest BCUT2D eigenvalue weighted by molar-refractivity contribution is 0.596. The van der Waals surface area contributed by atoms with Gasteiger partial charge in [0, 0.05) is 31.2 Å². The van der Waals surface area contributed by atoms with Crippen LogP contribution in [0.3, 0.4) is 0 Å². The monoisotopic (exact) mass is 506 g/mol. The molecule has 0 N–H and O–H groups in total. The molecule has 4 aromatic carbocycles. The molecule has 0 aliphatic heterocycles. The van der Waals surface area contributed by atoms with Crippen molar-refractivity contribution in [3.63, 3.8) is 0 Å². The van der Waals surface area contributed by atoms with Crippen LogP contribution in [0.15, 0.2) is 94.7 Å². The van der Waals surface area contributed by atoms with Crippen LogP contribution in [0.2, 0.25) is 20.1 Å². The van der Waals surface area contributed by atoms with Crippen LogP contribution in [-0.4, -0.2) is 8.42 Å². The number of halogens is 4. The Balaban J connectivity index is 1.95. The first-order valence-corrected chi connectivity index (χ1v) is 12.1. The van der Waals surface area contributed by atoms with E-state index in [2.05, 4.69) is 0 Å². The van der Waals surface area contributed by atoms with E-state index in [0.29, 0.717) is 42.3 Å². The molecule has 0 aromatic heterocycles. The molecule has 0 radical (unpaired) electrons. The SMILES string of the molecule is O=S(=O)(c1ccc(Cl)cc1-c1ccc(Cl)cc1)c1ccc(Cl)cc1-c1ccc(Cl)cc1. The highest BCUT2D eigenvalue weighted by molar-refractivity contribution is 7.91. The van der Waals surface area contributed by atoms with Gasteiger partial charge >= 0.3 is 0 Å². The van der Waals surface area contributed by atoms with E-state index in [4.69, 9.17) is 46.4 Å². The molecule has 0 fully saturated rings. The average molecular weight is 508 g/mol. The standard InChI is InChI=1S/C24H14Cl4O2S/c25-17-5-1-15(2-6-17)21-13-19(27)9-11-23(21)31(29,30)24-12-10-20(28)14-22(24)16-3-7-18(26)8-4-16/h1-14H. The van der Waals surface area contributed by atoms with Gasteiger partial charge in [0.15, 0.2) is 0 Å². The first-order valence-electron chi connectivity index (χ1n) is 9.12. The van der Waals surface area contributed by atoms with Crippen LogP contribution in [0.25, 0.3) is 22.3 Å². The normalized spacial score (nSPS) is 11.5. The maximum atomic E-state index is 13.8. The zero-order valence-corrected chi connectivity index (χ0v) is 19.7. The van der Waals surface area contributed by atoms with Crippen molar-refractivity contribution in [3.8, 4) is 22.3 Å². The molecule has 0 aliphatic rings. The van der Waals surface area contributed by atoms with Crippen LogP contribution in [0.1, 0.15) is 0 Å². The average Bonchev–Trinajstić information content (AvgIpc) is 2.74. The van der Waals surface area contributed by atoms with E-state index in [0.717, 1.165) is 0 Å². The molecular weight excluding hydrogens is 494 g/mol. The van der Waals surface area contributed by atoms with Gasteiger partial charge in [-0.1, -0.05) is 70.7 Å². The molecule has 0 saturated heterocycles. The van der Waals surface area contributed by atoms with Crippen LogP contribution in [0.5, 0.6) is 0 Å². The summed E-state index contributed by atoms with van der Waals surface area (Å²) in [5.41, 5.74) is 2.35. The van der Waals surface area contributed by atoms with Gasteiger partial charge in [-0.3, -0.25) is 0 Å². The summed E-state index contributed by atoms with van der Waals surface area (Å²) < 4.78 is 27.7. The summed E-state index contributed by atoms with van der Waals surface area (Å²) in [7, 11) is -3.93. The van der Waals surface area contributed by atoms with Gasteiger partial charge in [0.05, 0.1) is 9.79 Å². The van der Waals surface area contributed by atoms with Crippen molar-refractivity contribution >= 4 is 56.2 Å². The lowest BCUT2D eigenvalue weighted by atomic mass is 10.1. The summed E-state index contributed by atoms with van der Waals surface area (Å²) in [6, 6.07) is 23.3. The highest BCUT2D eigenvalue weighted by Gasteiger charge is 2.26. The van der Waals surface area contributed by atoms with E-state index in [9.17, 15) is 8.42 Å². The van der Waals surface area contributed by atoms with Crippen molar-refractivity contribution in [3.05, 3.63) is 105 Å². The summed E-state index contributed by atoms with van der Waals surface area (Å²) in [6.07, 6.45) is 0. The third-order valence-corrected chi connectivity index (χ3v) is 7.62. The van der Waals surface area contributed by atoms with Gasteiger partial charge in [-0.25, -0.2) is 8.42 Å². The lowest BCUT2D eigenvalue weighted by Gasteiger charge is -2.15. The second-order valence-electron chi connectivity index (χ2n) is 6.80. The molecule has 31 heavy (non-hydrogen) atoms. The minimum atomic E-state index is -3.93. The minimum absolute atomic E-state index is 0.136. The fraction of sp³-hybridized carbons (Fsp3) is 0. The zero-order chi connectivity index (χ0) is 22.2. The summed E-state index contributed by atoms with van der Waals surface area (Å²) >= 11 is 24.4. The molecule has 0 aliphatic carbocycles. The molecule has 4 aromatic rings. The molecular formula is C24H14Cl4O2S. The van der Waals surface area contributed by atoms with E-state index < -0.39 is 9.84 Å². The van der Waals surface area contributed by atoms with E-state index >= 15 is 0 Å². The van der Waals surface area contributed by atoms with E-state index in [1.807, 2.05) is 0 Å². The molecule has 7 heteroatoms. The predicted octanol–water partition coefficient (Wildman–Crippen LogP) is 8.47. The highest BCUT2D eigenvalue weighted by atomic mass is 35.5. The van der Waals surface area contributed by atoms with E-state index in [1.54, 1.807) is 72.8 Å². The first kappa shape index (κ1) is 22.2. The number of sulfone groups is 1.